The van der Waals surface area contributed by atoms with Crippen molar-refractivity contribution >= 4 is 33.8 Å². The molecule has 9 heteroatoms. The monoisotopic (exact) mass is 349 g/mol. The minimum Gasteiger partial charge on any atom is -0.411 e. The number of halogens is 4. The minimum absolute atomic E-state index is 0.132. The van der Waals surface area contributed by atoms with E-state index in [9.17, 15) is 13.2 Å². The summed E-state index contributed by atoms with van der Waals surface area (Å²) in [6.45, 7) is 1.53. The van der Waals surface area contributed by atoms with Gasteiger partial charge in [-0.2, -0.15) is 13.2 Å². The molecule has 0 bridgehead atoms. The molecule has 0 spiro atoms. The van der Waals surface area contributed by atoms with Crippen LogP contribution in [0.4, 0.5) is 18.3 Å². The Morgan fingerprint density at radius 3 is 2.64 bits per heavy atom. The SMILES string of the molecule is CNc1nc(-c2cc(C(F)(F)F)ccc2Cl)c(/C(C)=N/O)s1. The van der Waals surface area contributed by atoms with Gasteiger partial charge in [-0.15, -0.1) is 0 Å². The molecule has 2 rings (SSSR count). The van der Waals surface area contributed by atoms with Gasteiger partial charge in [0.25, 0.3) is 0 Å². The molecule has 1 aromatic heterocycles. The number of anilines is 1. The molecule has 0 unspecified atom stereocenters. The highest BCUT2D eigenvalue weighted by Crippen LogP contribution is 2.39. The fraction of sp³-hybridized carbons (Fsp3) is 0.231. The number of benzene rings is 1. The first-order valence-electron chi connectivity index (χ1n) is 6.02. The average molecular weight is 350 g/mol. The molecular formula is C13H11ClF3N3OS. The first-order valence-corrected chi connectivity index (χ1v) is 7.22. The molecule has 2 aromatic rings. The zero-order valence-electron chi connectivity index (χ0n) is 11.5. The van der Waals surface area contributed by atoms with Crippen molar-refractivity contribution in [3.05, 3.63) is 33.7 Å². The van der Waals surface area contributed by atoms with Crippen LogP contribution in [0.15, 0.2) is 23.4 Å². The molecule has 0 aliphatic rings. The Bertz CT molecular complexity index is 728. The Morgan fingerprint density at radius 2 is 2.09 bits per heavy atom. The molecule has 0 aliphatic carbocycles. The summed E-state index contributed by atoms with van der Waals surface area (Å²) < 4.78 is 38.6. The van der Waals surface area contributed by atoms with Gasteiger partial charge in [0, 0.05) is 12.6 Å². The smallest absolute Gasteiger partial charge is 0.411 e. The summed E-state index contributed by atoms with van der Waals surface area (Å²) in [6.07, 6.45) is -4.48. The van der Waals surface area contributed by atoms with E-state index < -0.39 is 11.7 Å². The van der Waals surface area contributed by atoms with Crippen molar-refractivity contribution in [2.45, 2.75) is 13.1 Å². The fourth-order valence-corrected chi connectivity index (χ4v) is 2.86. The third kappa shape index (κ3) is 3.17. The quantitative estimate of drug-likeness (QED) is 0.479. The van der Waals surface area contributed by atoms with Gasteiger partial charge in [0.1, 0.15) is 0 Å². The molecule has 0 atom stereocenters. The summed E-state index contributed by atoms with van der Waals surface area (Å²) >= 11 is 7.18. The number of rotatable bonds is 3. The molecule has 0 aliphatic heterocycles. The van der Waals surface area contributed by atoms with Gasteiger partial charge in [-0.05, 0) is 25.1 Å². The van der Waals surface area contributed by atoms with Gasteiger partial charge in [-0.1, -0.05) is 28.1 Å². The number of aromatic nitrogens is 1. The van der Waals surface area contributed by atoms with Crippen LogP contribution in [0.2, 0.25) is 5.02 Å². The third-order valence-electron chi connectivity index (χ3n) is 2.87. The van der Waals surface area contributed by atoms with Crippen LogP contribution in [0.25, 0.3) is 11.3 Å². The van der Waals surface area contributed by atoms with Crippen molar-refractivity contribution < 1.29 is 18.4 Å². The lowest BCUT2D eigenvalue weighted by Gasteiger charge is -2.10. The van der Waals surface area contributed by atoms with E-state index in [4.69, 9.17) is 16.8 Å². The van der Waals surface area contributed by atoms with Gasteiger partial charge in [0.2, 0.25) is 0 Å². The number of oxime groups is 1. The van der Waals surface area contributed by atoms with Gasteiger partial charge in [0.05, 0.1) is 26.9 Å². The molecule has 0 saturated carbocycles. The molecule has 1 aromatic carbocycles. The molecule has 2 N–H and O–H groups in total. The molecule has 0 saturated heterocycles. The first-order chi connectivity index (χ1) is 10.3. The van der Waals surface area contributed by atoms with Crippen molar-refractivity contribution in [2.24, 2.45) is 5.16 Å². The summed E-state index contributed by atoms with van der Waals surface area (Å²) in [6, 6.07) is 3.02. The normalized spacial score (nSPS) is 12.5. The van der Waals surface area contributed by atoms with Gasteiger partial charge < -0.3 is 10.5 Å². The number of nitrogens with one attached hydrogen (secondary N) is 1. The van der Waals surface area contributed by atoms with Crippen LogP contribution in [-0.2, 0) is 6.18 Å². The Balaban J connectivity index is 2.68. The Hall–Kier alpha value is -1.80. The topological polar surface area (TPSA) is 57.5 Å². The lowest BCUT2D eigenvalue weighted by Crippen LogP contribution is -2.05. The van der Waals surface area contributed by atoms with E-state index in [-0.39, 0.29) is 22.0 Å². The lowest BCUT2D eigenvalue weighted by molar-refractivity contribution is -0.137. The van der Waals surface area contributed by atoms with E-state index in [1.54, 1.807) is 7.05 Å². The van der Waals surface area contributed by atoms with Gasteiger partial charge in [0.15, 0.2) is 5.13 Å². The summed E-state index contributed by atoms with van der Waals surface area (Å²) in [7, 11) is 1.63. The summed E-state index contributed by atoms with van der Waals surface area (Å²) in [5, 5.41) is 15.4. The number of hydrogen-bond acceptors (Lipinski definition) is 5. The summed E-state index contributed by atoms with van der Waals surface area (Å²) in [5.41, 5.74) is -0.217. The largest absolute Gasteiger partial charge is 0.416 e. The van der Waals surface area contributed by atoms with Gasteiger partial charge in [-0.3, -0.25) is 0 Å². The molecule has 22 heavy (non-hydrogen) atoms. The zero-order chi connectivity index (χ0) is 16.5. The average Bonchev–Trinajstić information content (AvgIpc) is 2.89. The highest BCUT2D eigenvalue weighted by molar-refractivity contribution is 7.18. The second kappa shape index (κ2) is 6.13. The van der Waals surface area contributed by atoms with Crippen LogP contribution in [0.5, 0.6) is 0 Å². The Morgan fingerprint density at radius 1 is 1.41 bits per heavy atom. The van der Waals surface area contributed by atoms with Crippen molar-refractivity contribution in [3.63, 3.8) is 0 Å². The maximum Gasteiger partial charge on any atom is 0.416 e. The number of hydrogen-bond donors (Lipinski definition) is 2. The van der Waals surface area contributed by atoms with Crippen LogP contribution < -0.4 is 5.32 Å². The Kier molecular flexibility index (Phi) is 4.62. The number of nitrogens with zero attached hydrogens (tertiary/aromatic N) is 2. The molecule has 0 fully saturated rings. The highest BCUT2D eigenvalue weighted by Gasteiger charge is 2.31. The van der Waals surface area contributed by atoms with Crippen LogP contribution in [0.3, 0.4) is 0 Å². The molecular weight excluding hydrogens is 339 g/mol. The number of thiazole rings is 1. The molecule has 4 nitrogen and oxygen atoms in total. The number of alkyl halides is 3. The molecule has 0 amide bonds. The maximum atomic E-state index is 12.9. The fourth-order valence-electron chi connectivity index (χ4n) is 1.78. The predicted octanol–water partition coefficient (Wildman–Crippen LogP) is 4.72. The van der Waals surface area contributed by atoms with E-state index in [2.05, 4.69) is 15.5 Å². The van der Waals surface area contributed by atoms with E-state index >= 15 is 0 Å². The van der Waals surface area contributed by atoms with Crippen LogP contribution in [0, 0.1) is 0 Å². The lowest BCUT2D eigenvalue weighted by atomic mass is 10.1. The maximum absolute atomic E-state index is 12.9. The van der Waals surface area contributed by atoms with Crippen molar-refractivity contribution in [1.82, 2.24) is 4.98 Å². The van der Waals surface area contributed by atoms with E-state index in [0.29, 0.717) is 10.0 Å². The second-order valence-corrected chi connectivity index (χ2v) is 5.73. The molecule has 0 radical (unpaired) electrons. The van der Waals surface area contributed by atoms with Crippen molar-refractivity contribution in [1.29, 1.82) is 0 Å². The van der Waals surface area contributed by atoms with E-state index in [1.165, 1.54) is 13.0 Å². The van der Waals surface area contributed by atoms with Crippen molar-refractivity contribution in [2.75, 3.05) is 12.4 Å². The molecule has 118 valence electrons. The third-order valence-corrected chi connectivity index (χ3v) is 4.38. The van der Waals surface area contributed by atoms with Gasteiger partial charge in [-0.25, -0.2) is 4.98 Å². The van der Waals surface area contributed by atoms with Crippen LogP contribution in [0.1, 0.15) is 17.4 Å². The predicted molar refractivity (Wildman–Crippen MR) is 81.1 cm³/mol. The first kappa shape index (κ1) is 16.6. The van der Waals surface area contributed by atoms with Crippen molar-refractivity contribution in [3.8, 4) is 11.3 Å². The zero-order valence-corrected chi connectivity index (χ0v) is 13.1. The van der Waals surface area contributed by atoms with E-state index in [0.717, 1.165) is 23.5 Å². The van der Waals surface area contributed by atoms with E-state index in [1.807, 2.05) is 0 Å². The standard InChI is InChI=1S/C13H11ClF3N3OS/c1-6(20-21)11-10(19-12(18-2)22-11)8-5-7(13(15,16)17)3-4-9(8)14/h3-5,21H,1-2H3,(H,18,19)/b20-6+. The highest BCUT2D eigenvalue weighted by atomic mass is 35.5. The van der Waals surface area contributed by atoms with Gasteiger partial charge >= 0.3 is 6.18 Å². The molecule has 1 heterocycles. The van der Waals surface area contributed by atoms with Crippen LogP contribution >= 0.6 is 22.9 Å². The van der Waals surface area contributed by atoms with Crippen LogP contribution in [-0.4, -0.2) is 23.0 Å². The second-order valence-electron chi connectivity index (χ2n) is 4.32. The summed E-state index contributed by atoms with van der Waals surface area (Å²) in [5.74, 6) is 0. The minimum atomic E-state index is -4.48. The summed E-state index contributed by atoms with van der Waals surface area (Å²) in [4.78, 5) is 4.65. The Labute approximate surface area is 133 Å².